The molecule has 2 aliphatic rings. The molecule has 0 aromatic heterocycles. The molecule has 1 saturated heterocycles. The molecule has 0 bridgehead atoms. The quantitative estimate of drug-likeness (QED) is 0.829. The number of nitrogens with one attached hydrogen (secondary N) is 1. The van der Waals surface area contributed by atoms with Crippen LogP contribution in [0.4, 0.5) is 0 Å². The maximum atomic E-state index is 12.8. The minimum atomic E-state index is -0.486. The number of nitrogens with two attached hydrogens (primary N) is 1. The highest BCUT2D eigenvalue weighted by atomic mass is 35.5. The Morgan fingerprint density at radius 3 is 2.38 bits per heavy atom. The summed E-state index contributed by atoms with van der Waals surface area (Å²) >= 11 is 8.04. The predicted octanol–water partition coefficient (Wildman–Crippen LogP) is 3.95. The van der Waals surface area contributed by atoms with Crippen molar-refractivity contribution in [3.05, 3.63) is 34.9 Å². The molecule has 3 N–H and O–H groups in total. The van der Waals surface area contributed by atoms with E-state index in [1.165, 1.54) is 12.8 Å². The molecule has 2 atom stereocenters. The lowest BCUT2D eigenvalue weighted by molar-refractivity contribution is -0.123. The van der Waals surface area contributed by atoms with Gasteiger partial charge in [-0.2, -0.15) is 11.8 Å². The normalized spacial score (nSPS) is 22.2. The van der Waals surface area contributed by atoms with Crippen LogP contribution in [0.5, 0.6) is 0 Å². The van der Waals surface area contributed by atoms with Crippen molar-refractivity contribution < 1.29 is 4.79 Å². The van der Waals surface area contributed by atoms with Gasteiger partial charge >= 0.3 is 0 Å². The Morgan fingerprint density at radius 1 is 1.12 bits per heavy atom. The largest absolute Gasteiger partial charge is 0.352 e. The molecule has 1 saturated carbocycles. The minimum Gasteiger partial charge on any atom is -0.352 e. The van der Waals surface area contributed by atoms with Crippen LogP contribution in [0.15, 0.2) is 24.3 Å². The average molecular weight is 367 g/mol. The van der Waals surface area contributed by atoms with Gasteiger partial charge in [0, 0.05) is 17.0 Å². The molecular formula is C19H27ClN2OS. The molecule has 24 heavy (non-hydrogen) atoms. The third kappa shape index (κ3) is 4.47. The average Bonchev–Trinajstić information content (AvgIpc) is 3.10. The number of rotatable bonds is 5. The first-order valence-corrected chi connectivity index (χ1v) is 10.6. The molecule has 2 fully saturated rings. The molecule has 2 unspecified atom stereocenters. The second kappa shape index (κ2) is 8.59. The summed E-state index contributed by atoms with van der Waals surface area (Å²) in [5.41, 5.74) is 7.63. The van der Waals surface area contributed by atoms with Crippen molar-refractivity contribution in [2.45, 2.75) is 56.5 Å². The molecule has 1 aromatic carbocycles. The fraction of sp³-hybridized carbons (Fsp3) is 0.632. The van der Waals surface area contributed by atoms with Crippen LogP contribution in [0.2, 0.25) is 5.02 Å². The van der Waals surface area contributed by atoms with Crippen LogP contribution in [0.25, 0.3) is 0 Å². The van der Waals surface area contributed by atoms with E-state index in [-0.39, 0.29) is 11.8 Å². The van der Waals surface area contributed by atoms with Gasteiger partial charge in [-0.15, -0.1) is 0 Å². The van der Waals surface area contributed by atoms with Gasteiger partial charge in [-0.1, -0.05) is 36.6 Å². The topological polar surface area (TPSA) is 55.1 Å². The highest BCUT2D eigenvalue weighted by molar-refractivity contribution is 7.99. The number of amides is 1. The predicted molar refractivity (Wildman–Crippen MR) is 103 cm³/mol. The zero-order chi connectivity index (χ0) is 16.9. The number of hydrogen-bond donors (Lipinski definition) is 2. The van der Waals surface area contributed by atoms with E-state index in [0.717, 1.165) is 47.8 Å². The van der Waals surface area contributed by atoms with E-state index >= 15 is 0 Å². The monoisotopic (exact) mass is 366 g/mol. The van der Waals surface area contributed by atoms with Crippen LogP contribution in [0.1, 0.15) is 50.0 Å². The molecule has 1 amide bonds. The molecular weight excluding hydrogens is 340 g/mol. The van der Waals surface area contributed by atoms with Crippen molar-refractivity contribution in [2.75, 3.05) is 11.5 Å². The van der Waals surface area contributed by atoms with Crippen molar-refractivity contribution in [2.24, 2.45) is 11.7 Å². The van der Waals surface area contributed by atoms with Gasteiger partial charge in [0.25, 0.3) is 0 Å². The Bertz CT molecular complexity index is 539. The summed E-state index contributed by atoms with van der Waals surface area (Å²) < 4.78 is 0. The Labute approximate surface area is 154 Å². The first kappa shape index (κ1) is 18.1. The van der Waals surface area contributed by atoms with Crippen LogP contribution < -0.4 is 11.1 Å². The molecule has 132 valence electrons. The summed E-state index contributed by atoms with van der Waals surface area (Å²) in [6, 6.07) is 7.72. The molecule has 3 nitrogen and oxygen atoms in total. The molecule has 3 rings (SSSR count). The maximum absolute atomic E-state index is 12.8. The van der Waals surface area contributed by atoms with E-state index in [4.69, 9.17) is 17.3 Å². The lowest BCUT2D eigenvalue weighted by Gasteiger charge is -2.34. The summed E-state index contributed by atoms with van der Waals surface area (Å²) in [5, 5.41) is 3.91. The highest BCUT2D eigenvalue weighted by Gasteiger charge is 2.34. The van der Waals surface area contributed by atoms with Gasteiger partial charge in [0.15, 0.2) is 0 Å². The number of carbonyl (C=O) groups is 1. The van der Waals surface area contributed by atoms with Crippen molar-refractivity contribution in [3.63, 3.8) is 0 Å². The van der Waals surface area contributed by atoms with Crippen molar-refractivity contribution >= 4 is 29.3 Å². The SMILES string of the molecule is NC(C(=O)NC1CCCC1)C(c1ccc(Cl)cc1)C1CCSCC1. The number of benzene rings is 1. The van der Waals surface area contributed by atoms with Gasteiger partial charge in [0.05, 0.1) is 6.04 Å². The lowest BCUT2D eigenvalue weighted by Crippen LogP contribution is -2.49. The number of carbonyl (C=O) groups excluding carboxylic acids is 1. The van der Waals surface area contributed by atoms with Crippen molar-refractivity contribution in [1.29, 1.82) is 0 Å². The zero-order valence-electron chi connectivity index (χ0n) is 14.0. The molecule has 5 heteroatoms. The first-order chi connectivity index (χ1) is 11.6. The Kier molecular flexibility index (Phi) is 6.48. The van der Waals surface area contributed by atoms with Crippen LogP contribution in [-0.4, -0.2) is 29.5 Å². The van der Waals surface area contributed by atoms with Crippen molar-refractivity contribution in [3.8, 4) is 0 Å². The summed E-state index contributed by atoms with van der Waals surface area (Å²) in [6.07, 6.45) is 6.85. The summed E-state index contributed by atoms with van der Waals surface area (Å²) in [5.74, 6) is 2.87. The summed E-state index contributed by atoms with van der Waals surface area (Å²) in [7, 11) is 0. The smallest absolute Gasteiger partial charge is 0.237 e. The van der Waals surface area contributed by atoms with Gasteiger partial charge in [-0.05, 0) is 60.8 Å². The van der Waals surface area contributed by atoms with Crippen molar-refractivity contribution in [1.82, 2.24) is 5.32 Å². The maximum Gasteiger partial charge on any atom is 0.237 e. The molecule has 0 spiro atoms. The molecule has 1 heterocycles. The van der Waals surface area contributed by atoms with Gasteiger partial charge in [0.2, 0.25) is 5.91 Å². The number of halogens is 1. The van der Waals surface area contributed by atoms with E-state index in [1.54, 1.807) is 0 Å². The van der Waals surface area contributed by atoms with E-state index < -0.39 is 6.04 Å². The van der Waals surface area contributed by atoms with Crippen LogP contribution >= 0.6 is 23.4 Å². The van der Waals surface area contributed by atoms with Gasteiger partial charge in [0.1, 0.15) is 0 Å². The third-order valence-corrected chi connectivity index (χ3v) is 6.72. The molecule has 0 radical (unpaired) electrons. The standard InChI is InChI=1S/C19H27ClN2OS/c20-15-7-5-13(6-8-15)17(14-9-11-24-12-10-14)18(21)19(23)22-16-3-1-2-4-16/h5-8,14,16-18H,1-4,9-12,21H2,(H,22,23). The summed E-state index contributed by atoms with van der Waals surface area (Å²) in [4.78, 5) is 12.8. The van der Waals surface area contributed by atoms with E-state index in [0.29, 0.717) is 12.0 Å². The molecule has 1 aliphatic carbocycles. The molecule has 1 aliphatic heterocycles. The third-order valence-electron chi connectivity index (χ3n) is 5.42. The van der Waals surface area contributed by atoms with E-state index in [2.05, 4.69) is 5.32 Å². The summed E-state index contributed by atoms with van der Waals surface area (Å²) in [6.45, 7) is 0. The van der Waals surface area contributed by atoms with Gasteiger partial charge < -0.3 is 11.1 Å². The fourth-order valence-electron chi connectivity index (χ4n) is 4.06. The van der Waals surface area contributed by atoms with E-state index in [1.807, 2.05) is 36.0 Å². The van der Waals surface area contributed by atoms with E-state index in [9.17, 15) is 4.79 Å². The van der Waals surface area contributed by atoms with Gasteiger partial charge in [-0.3, -0.25) is 4.79 Å². The van der Waals surface area contributed by atoms with Crippen LogP contribution in [0, 0.1) is 5.92 Å². The first-order valence-electron chi connectivity index (χ1n) is 9.04. The lowest BCUT2D eigenvalue weighted by atomic mass is 9.77. The second-order valence-corrected chi connectivity index (χ2v) is 8.70. The Morgan fingerprint density at radius 2 is 1.75 bits per heavy atom. The van der Waals surface area contributed by atoms with Crippen LogP contribution in [0.3, 0.4) is 0 Å². The number of thioether (sulfide) groups is 1. The molecule has 1 aromatic rings. The Hall–Kier alpha value is -0.710. The second-order valence-electron chi connectivity index (χ2n) is 7.04. The minimum absolute atomic E-state index is 0.0140. The Balaban J connectivity index is 1.76. The highest BCUT2D eigenvalue weighted by Crippen LogP contribution is 2.37. The van der Waals surface area contributed by atoms with Gasteiger partial charge in [-0.25, -0.2) is 0 Å². The number of hydrogen-bond acceptors (Lipinski definition) is 3. The zero-order valence-corrected chi connectivity index (χ0v) is 15.6. The fourth-order valence-corrected chi connectivity index (χ4v) is 5.33. The van der Waals surface area contributed by atoms with Crippen LogP contribution in [-0.2, 0) is 4.79 Å².